The fourth-order valence-electron chi connectivity index (χ4n) is 1.93. The lowest BCUT2D eigenvalue weighted by molar-refractivity contribution is 0.580. The van der Waals surface area contributed by atoms with Crippen LogP contribution in [0.15, 0.2) is 40.3 Å². The first kappa shape index (κ1) is 11.4. The van der Waals surface area contributed by atoms with Gasteiger partial charge in [-0.25, -0.2) is 4.98 Å². The second-order valence-electron chi connectivity index (χ2n) is 3.98. The third-order valence-electron chi connectivity index (χ3n) is 2.80. The van der Waals surface area contributed by atoms with Crippen molar-refractivity contribution in [2.75, 3.05) is 0 Å². The van der Waals surface area contributed by atoms with Crippen molar-refractivity contribution in [3.63, 3.8) is 0 Å². The molecule has 5 nitrogen and oxygen atoms in total. The van der Waals surface area contributed by atoms with Gasteiger partial charge in [-0.3, -0.25) is 0 Å². The highest BCUT2D eigenvalue weighted by molar-refractivity contribution is 7.23. The lowest BCUT2D eigenvalue weighted by Crippen LogP contribution is -1.89. The number of imidazole rings is 1. The minimum absolute atomic E-state index is 0.397. The van der Waals surface area contributed by atoms with Crippen molar-refractivity contribution in [3.8, 4) is 27.4 Å². The van der Waals surface area contributed by atoms with Gasteiger partial charge < -0.3 is 4.42 Å². The molecule has 4 aromatic rings. The molecule has 0 spiro atoms. The third kappa shape index (κ3) is 1.59. The van der Waals surface area contributed by atoms with Gasteiger partial charge in [-0.2, -0.15) is 14.9 Å². The molecular formula is C13H6N4OS2. The Balaban J connectivity index is 1.94. The number of nitriles is 1. The quantitative estimate of drug-likeness (QED) is 0.566. The average molecular weight is 298 g/mol. The molecule has 0 unspecified atom stereocenters. The van der Waals surface area contributed by atoms with Crippen LogP contribution in [0.3, 0.4) is 0 Å². The van der Waals surface area contributed by atoms with Crippen LogP contribution in [0.4, 0.5) is 0 Å². The van der Waals surface area contributed by atoms with Crippen molar-refractivity contribution in [2.24, 2.45) is 0 Å². The number of nitrogens with zero attached hydrogens (tertiary/aromatic N) is 4. The maximum Gasteiger partial charge on any atom is 0.214 e. The van der Waals surface area contributed by atoms with E-state index in [4.69, 9.17) is 4.42 Å². The molecule has 96 valence electrons. The second kappa shape index (κ2) is 4.30. The molecule has 4 rings (SSSR count). The number of hydrogen-bond donors (Lipinski definition) is 0. The van der Waals surface area contributed by atoms with Gasteiger partial charge in [-0.05, 0) is 23.6 Å². The molecule has 4 heterocycles. The normalized spacial score (nSPS) is 10.9. The van der Waals surface area contributed by atoms with Gasteiger partial charge >= 0.3 is 0 Å². The van der Waals surface area contributed by atoms with Crippen LogP contribution in [0.1, 0.15) is 5.69 Å². The molecule has 0 bridgehead atoms. The molecule has 0 N–H and O–H groups in total. The van der Waals surface area contributed by atoms with E-state index in [1.54, 1.807) is 34.2 Å². The van der Waals surface area contributed by atoms with Crippen molar-refractivity contribution < 1.29 is 4.42 Å². The van der Waals surface area contributed by atoms with Crippen molar-refractivity contribution in [3.05, 3.63) is 41.6 Å². The molecule has 0 aromatic carbocycles. The highest BCUT2D eigenvalue weighted by Gasteiger charge is 2.20. The molecule has 0 amide bonds. The zero-order valence-electron chi connectivity index (χ0n) is 9.98. The number of rotatable bonds is 2. The van der Waals surface area contributed by atoms with E-state index in [0.29, 0.717) is 22.1 Å². The van der Waals surface area contributed by atoms with Crippen LogP contribution >= 0.6 is 22.7 Å². The summed E-state index contributed by atoms with van der Waals surface area (Å²) in [5, 5.41) is 16.7. The SMILES string of the molecule is N#Cc1c(-c2ccco2)nc2sc(-c3cccs3)nn12. The Kier molecular flexibility index (Phi) is 2.45. The van der Waals surface area contributed by atoms with E-state index in [1.165, 1.54) is 11.3 Å². The van der Waals surface area contributed by atoms with Gasteiger partial charge in [-0.15, -0.1) is 11.3 Å². The molecule has 0 saturated heterocycles. The molecule has 7 heteroatoms. The van der Waals surface area contributed by atoms with Crippen LogP contribution < -0.4 is 0 Å². The van der Waals surface area contributed by atoms with E-state index < -0.39 is 0 Å². The van der Waals surface area contributed by atoms with Crippen molar-refractivity contribution in [1.82, 2.24) is 14.6 Å². The van der Waals surface area contributed by atoms with E-state index >= 15 is 0 Å². The van der Waals surface area contributed by atoms with Gasteiger partial charge in [0.25, 0.3) is 0 Å². The number of fused-ring (bicyclic) bond motifs is 1. The Morgan fingerprint density at radius 1 is 1.30 bits per heavy atom. The summed E-state index contributed by atoms with van der Waals surface area (Å²) >= 11 is 3.08. The van der Waals surface area contributed by atoms with Crippen LogP contribution in [0.25, 0.3) is 26.3 Å². The first-order chi connectivity index (χ1) is 9.86. The molecule has 0 saturated carbocycles. The van der Waals surface area contributed by atoms with E-state index in [-0.39, 0.29) is 0 Å². The highest BCUT2D eigenvalue weighted by Crippen LogP contribution is 2.32. The Morgan fingerprint density at radius 2 is 2.25 bits per heavy atom. The van der Waals surface area contributed by atoms with Crippen LogP contribution in [-0.4, -0.2) is 14.6 Å². The molecule has 0 atom stereocenters. The minimum atomic E-state index is 0.397. The first-order valence-electron chi connectivity index (χ1n) is 5.74. The van der Waals surface area contributed by atoms with Crippen molar-refractivity contribution in [1.29, 1.82) is 5.26 Å². The molecular weight excluding hydrogens is 292 g/mol. The van der Waals surface area contributed by atoms with Gasteiger partial charge in [0.15, 0.2) is 16.5 Å². The number of thiophene rings is 1. The highest BCUT2D eigenvalue weighted by atomic mass is 32.1. The van der Waals surface area contributed by atoms with Gasteiger partial charge in [0, 0.05) is 0 Å². The Hall–Kier alpha value is -2.43. The van der Waals surface area contributed by atoms with Crippen LogP contribution in [0, 0.1) is 11.3 Å². The molecule has 0 fully saturated rings. The second-order valence-corrected chi connectivity index (χ2v) is 5.88. The van der Waals surface area contributed by atoms with E-state index in [2.05, 4.69) is 16.2 Å². The average Bonchev–Trinajstić information content (AvgIpc) is 3.21. The lowest BCUT2D eigenvalue weighted by Gasteiger charge is -1.91. The summed E-state index contributed by atoms with van der Waals surface area (Å²) < 4.78 is 6.90. The Morgan fingerprint density at radius 3 is 2.95 bits per heavy atom. The summed E-state index contributed by atoms with van der Waals surface area (Å²) in [6.45, 7) is 0. The standard InChI is InChI=1S/C13H6N4OS2/c14-7-8-11(9-3-1-5-18-9)15-13-17(8)16-12(20-13)10-4-2-6-19-10/h1-6H. The van der Waals surface area contributed by atoms with Crippen LogP contribution in [-0.2, 0) is 0 Å². The topological polar surface area (TPSA) is 67.1 Å². The molecule has 20 heavy (non-hydrogen) atoms. The summed E-state index contributed by atoms with van der Waals surface area (Å²) in [6, 6.07) is 9.69. The summed E-state index contributed by atoms with van der Waals surface area (Å²) in [5.41, 5.74) is 0.933. The molecule has 0 aliphatic heterocycles. The summed E-state index contributed by atoms with van der Waals surface area (Å²) in [7, 11) is 0. The Bertz CT molecular complexity index is 910. The molecule has 0 aliphatic rings. The van der Waals surface area contributed by atoms with Crippen LogP contribution in [0.5, 0.6) is 0 Å². The lowest BCUT2D eigenvalue weighted by atomic mass is 10.3. The summed E-state index contributed by atoms with van der Waals surface area (Å²) in [6.07, 6.45) is 1.56. The fraction of sp³-hybridized carbons (Fsp3) is 0. The van der Waals surface area contributed by atoms with Gasteiger partial charge in [0.1, 0.15) is 11.8 Å². The largest absolute Gasteiger partial charge is 0.463 e. The van der Waals surface area contributed by atoms with Crippen LogP contribution in [0.2, 0.25) is 0 Å². The van der Waals surface area contributed by atoms with Gasteiger partial charge in [0.05, 0.1) is 11.1 Å². The first-order valence-corrected chi connectivity index (χ1v) is 7.44. The third-order valence-corrected chi connectivity index (χ3v) is 4.74. The predicted molar refractivity (Wildman–Crippen MR) is 76.6 cm³/mol. The van der Waals surface area contributed by atoms with Crippen molar-refractivity contribution in [2.45, 2.75) is 0 Å². The fourth-order valence-corrected chi connectivity index (χ4v) is 3.63. The van der Waals surface area contributed by atoms with Gasteiger partial charge in [-0.1, -0.05) is 17.4 Å². The molecule has 0 aliphatic carbocycles. The zero-order valence-corrected chi connectivity index (χ0v) is 11.6. The van der Waals surface area contributed by atoms with Gasteiger partial charge in [0.2, 0.25) is 4.96 Å². The minimum Gasteiger partial charge on any atom is -0.463 e. The maximum atomic E-state index is 9.36. The zero-order chi connectivity index (χ0) is 13.5. The number of aromatic nitrogens is 3. The monoisotopic (exact) mass is 298 g/mol. The maximum absolute atomic E-state index is 9.36. The molecule has 0 radical (unpaired) electrons. The Labute approximate surface area is 121 Å². The van der Waals surface area contributed by atoms with E-state index in [9.17, 15) is 5.26 Å². The smallest absolute Gasteiger partial charge is 0.214 e. The number of hydrogen-bond acceptors (Lipinski definition) is 6. The molecule has 4 aromatic heterocycles. The number of furan rings is 1. The van der Waals surface area contributed by atoms with E-state index in [0.717, 1.165) is 9.88 Å². The summed E-state index contributed by atoms with van der Waals surface area (Å²) in [5.74, 6) is 0.580. The predicted octanol–water partition coefficient (Wildman–Crippen LogP) is 3.65. The van der Waals surface area contributed by atoms with Crippen molar-refractivity contribution >= 4 is 27.6 Å². The van der Waals surface area contributed by atoms with E-state index in [1.807, 2.05) is 17.5 Å². The summed E-state index contributed by atoms with van der Waals surface area (Å²) in [4.78, 5) is 6.23.